The van der Waals surface area contributed by atoms with Crippen LogP contribution in [0.15, 0.2) is 4.99 Å². The van der Waals surface area contributed by atoms with Crippen molar-refractivity contribution in [3.8, 4) is 0 Å². The molecule has 1 unspecified atom stereocenters. The molecule has 2 heterocycles. The van der Waals surface area contributed by atoms with Gasteiger partial charge < -0.3 is 26.4 Å². The van der Waals surface area contributed by atoms with Crippen molar-refractivity contribution < 1.29 is 19.7 Å². The van der Waals surface area contributed by atoms with Crippen molar-refractivity contribution >= 4 is 11.9 Å². The van der Waals surface area contributed by atoms with Crippen molar-refractivity contribution in [2.75, 3.05) is 19.8 Å². The fraction of sp³-hybridized carbons (Fsp3) is 0.846. The predicted molar refractivity (Wildman–Crippen MR) is 79.9 cm³/mol. The van der Waals surface area contributed by atoms with Gasteiger partial charge in [-0.25, -0.2) is 4.79 Å². The first-order valence-electron chi connectivity index (χ1n) is 7.40. The van der Waals surface area contributed by atoms with Crippen molar-refractivity contribution in [2.24, 2.45) is 16.5 Å². The van der Waals surface area contributed by atoms with Crippen LogP contribution in [0.3, 0.4) is 0 Å². The van der Waals surface area contributed by atoms with Gasteiger partial charge in [0.15, 0.2) is 5.79 Å². The van der Waals surface area contributed by atoms with Crippen molar-refractivity contribution in [1.29, 1.82) is 0 Å². The summed E-state index contributed by atoms with van der Waals surface area (Å²) < 4.78 is 4.87. The molecule has 9 heteroatoms. The van der Waals surface area contributed by atoms with Gasteiger partial charge in [0.1, 0.15) is 6.61 Å². The van der Waals surface area contributed by atoms with Gasteiger partial charge in [-0.15, -0.1) is 0 Å². The van der Waals surface area contributed by atoms with Gasteiger partial charge in [0.25, 0.3) is 0 Å². The molecule has 0 saturated carbocycles. The third-order valence-corrected chi connectivity index (χ3v) is 4.77. The number of nitrogens with two attached hydrogens (primary N) is 2. The minimum atomic E-state index is -1.90. The summed E-state index contributed by atoms with van der Waals surface area (Å²) in [6.45, 7) is 4.56. The molecular formula is C13H25N5O4. The van der Waals surface area contributed by atoms with Crippen LogP contribution in [0.2, 0.25) is 0 Å². The van der Waals surface area contributed by atoms with Gasteiger partial charge in [0.05, 0.1) is 23.5 Å². The molecule has 2 aliphatic rings. The predicted octanol–water partition coefficient (Wildman–Crippen LogP) is -1.71. The Morgan fingerprint density at radius 2 is 2.18 bits per heavy atom. The number of nitrogens with zero attached hydrogens (tertiary/aromatic N) is 2. The van der Waals surface area contributed by atoms with Crippen LogP contribution in [-0.4, -0.2) is 70.3 Å². The van der Waals surface area contributed by atoms with Crippen LogP contribution in [0.5, 0.6) is 0 Å². The monoisotopic (exact) mass is 315 g/mol. The van der Waals surface area contributed by atoms with Gasteiger partial charge in [-0.05, 0) is 6.92 Å². The van der Waals surface area contributed by atoms with Gasteiger partial charge in [0.2, 0.25) is 0 Å². The van der Waals surface area contributed by atoms with E-state index in [2.05, 4.69) is 10.3 Å². The highest BCUT2D eigenvalue weighted by Crippen LogP contribution is 2.43. The van der Waals surface area contributed by atoms with Crippen LogP contribution in [0.25, 0.3) is 0 Å². The van der Waals surface area contributed by atoms with Gasteiger partial charge in [0, 0.05) is 26.1 Å². The summed E-state index contributed by atoms with van der Waals surface area (Å²) in [6.07, 6.45) is -0.127. The number of ether oxygens (including phenoxy) is 1. The van der Waals surface area contributed by atoms with E-state index in [0.29, 0.717) is 25.5 Å². The minimum Gasteiger partial charge on any atom is -0.448 e. The summed E-state index contributed by atoms with van der Waals surface area (Å²) in [4.78, 5) is 17.2. The second-order valence-corrected chi connectivity index (χ2v) is 6.00. The highest BCUT2D eigenvalue weighted by Gasteiger charge is 2.62. The summed E-state index contributed by atoms with van der Waals surface area (Å²) in [5, 5.41) is 24.1. The maximum Gasteiger partial charge on any atom is 0.404 e. The quantitative estimate of drug-likeness (QED) is 0.236. The summed E-state index contributed by atoms with van der Waals surface area (Å²) in [6, 6.07) is -0.992. The fourth-order valence-corrected chi connectivity index (χ4v) is 3.24. The Kier molecular flexibility index (Phi) is 4.62. The van der Waals surface area contributed by atoms with Crippen molar-refractivity contribution in [1.82, 2.24) is 10.2 Å². The number of fused-ring (bicyclic) bond motifs is 1. The van der Waals surface area contributed by atoms with Crippen LogP contribution >= 0.6 is 0 Å². The zero-order valence-corrected chi connectivity index (χ0v) is 13.0. The smallest absolute Gasteiger partial charge is 0.404 e. The molecule has 0 aromatic carbocycles. The van der Waals surface area contributed by atoms with E-state index in [4.69, 9.17) is 16.2 Å². The number of nitrogens with one attached hydrogen (secondary N) is 1. The van der Waals surface area contributed by atoms with Crippen molar-refractivity contribution in [2.45, 2.75) is 50.1 Å². The lowest BCUT2D eigenvalue weighted by molar-refractivity contribution is -0.226. The summed E-state index contributed by atoms with van der Waals surface area (Å²) in [7, 11) is 0. The molecule has 0 aromatic heterocycles. The number of hydrogen-bond donors (Lipinski definition) is 5. The molecule has 2 fully saturated rings. The largest absolute Gasteiger partial charge is 0.448 e. The molecule has 7 N–H and O–H groups in total. The maximum atomic E-state index is 10.9. The number of carbonyl (C=O) groups excluding carboxylic acids is 1. The lowest BCUT2D eigenvalue weighted by Gasteiger charge is -2.51. The zero-order chi connectivity index (χ0) is 16.5. The fourth-order valence-electron chi connectivity index (χ4n) is 3.24. The Hall–Kier alpha value is -1.42. The van der Waals surface area contributed by atoms with E-state index in [1.165, 1.54) is 0 Å². The highest BCUT2D eigenvalue weighted by molar-refractivity contribution is 5.80. The molecule has 126 valence electrons. The Balaban J connectivity index is 2.34. The molecule has 0 radical (unpaired) electrons. The molecule has 0 bridgehead atoms. The van der Waals surface area contributed by atoms with E-state index < -0.39 is 29.5 Å². The molecule has 22 heavy (non-hydrogen) atoms. The Labute approximate surface area is 129 Å². The molecule has 9 nitrogen and oxygen atoms in total. The normalized spacial score (nSPS) is 35.2. The number of hydrogen-bond acceptors (Lipinski definition) is 7. The van der Waals surface area contributed by atoms with Gasteiger partial charge >= 0.3 is 6.09 Å². The van der Waals surface area contributed by atoms with Crippen LogP contribution in [0, 0.1) is 0 Å². The SMILES string of the molecule is CCC(N)=NC1[C@H](COC(N)=O)NCN2CCC(O)(O)[C@]12C. The zero-order valence-electron chi connectivity index (χ0n) is 13.0. The third kappa shape index (κ3) is 2.76. The van der Waals surface area contributed by atoms with Crippen molar-refractivity contribution in [3.05, 3.63) is 0 Å². The summed E-state index contributed by atoms with van der Waals surface area (Å²) in [5.74, 6) is -1.50. The first-order valence-corrected chi connectivity index (χ1v) is 7.40. The van der Waals surface area contributed by atoms with E-state index in [9.17, 15) is 15.0 Å². The number of amidine groups is 1. The number of carbonyl (C=O) groups is 1. The second kappa shape index (κ2) is 5.99. The van der Waals surface area contributed by atoms with E-state index in [1.807, 2.05) is 11.8 Å². The average Bonchev–Trinajstić information content (AvgIpc) is 2.69. The van der Waals surface area contributed by atoms with Crippen LogP contribution < -0.4 is 16.8 Å². The first-order chi connectivity index (χ1) is 10.2. The van der Waals surface area contributed by atoms with E-state index in [1.54, 1.807) is 6.92 Å². The van der Waals surface area contributed by atoms with Crippen molar-refractivity contribution in [3.63, 3.8) is 0 Å². The lowest BCUT2D eigenvalue weighted by atomic mass is 9.79. The van der Waals surface area contributed by atoms with E-state index in [-0.39, 0.29) is 13.0 Å². The molecule has 2 aliphatic heterocycles. The number of rotatable bonds is 4. The lowest BCUT2D eigenvalue weighted by Crippen LogP contribution is -2.73. The van der Waals surface area contributed by atoms with E-state index in [0.717, 1.165) is 0 Å². The van der Waals surface area contributed by atoms with Crippen LogP contribution in [0.4, 0.5) is 4.79 Å². The van der Waals surface area contributed by atoms with Crippen LogP contribution in [0.1, 0.15) is 26.7 Å². The first kappa shape index (κ1) is 16.9. The molecule has 3 atom stereocenters. The molecule has 2 rings (SSSR count). The molecule has 0 spiro atoms. The maximum absolute atomic E-state index is 10.9. The Bertz CT molecular complexity index is 469. The van der Waals surface area contributed by atoms with E-state index >= 15 is 0 Å². The molecule has 2 saturated heterocycles. The minimum absolute atomic E-state index is 0.0139. The number of aliphatic imine (C=N–C) groups is 1. The van der Waals surface area contributed by atoms with Crippen LogP contribution in [-0.2, 0) is 4.74 Å². The summed E-state index contributed by atoms with van der Waals surface area (Å²) in [5.41, 5.74) is 9.85. The Morgan fingerprint density at radius 3 is 2.77 bits per heavy atom. The molecule has 0 aliphatic carbocycles. The molecule has 1 amide bonds. The van der Waals surface area contributed by atoms with Gasteiger partial charge in [-0.3, -0.25) is 15.2 Å². The van der Waals surface area contributed by atoms with Gasteiger partial charge in [-0.2, -0.15) is 0 Å². The second-order valence-electron chi connectivity index (χ2n) is 6.00. The average molecular weight is 315 g/mol. The summed E-state index contributed by atoms with van der Waals surface area (Å²) >= 11 is 0. The third-order valence-electron chi connectivity index (χ3n) is 4.77. The number of primary amides is 1. The van der Waals surface area contributed by atoms with Gasteiger partial charge in [-0.1, -0.05) is 6.92 Å². The molecule has 0 aromatic rings. The number of aliphatic hydroxyl groups is 2. The molecular weight excluding hydrogens is 290 g/mol. The topological polar surface area (TPSA) is 146 Å². The standard InChI is InChI=1S/C13H25N5O4/c1-3-9(14)17-10-8(6-22-11(15)19)16-7-18-5-4-13(20,21)12(10,18)2/h8,10,16,20-21H,3-7H2,1-2H3,(H2,14,17)(H2,15,19)/t8-,10?,12-/m0/s1. The Morgan fingerprint density at radius 1 is 1.50 bits per heavy atom. The highest BCUT2D eigenvalue weighted by atomic mass is 16.5. The number of amides is 1.